The molecule has 1 amide bonds. The van der Waals surface area contributed by atoms with Crippen LogP contribution in [-0.2, 0) is 11.8 Å². The third kappa shape index (κ3) is 4.29. The lowest BCUT2D eigenvalue weighted by atomic mass is 10.1. The van der Waals surface area contributed by atoms with Crippen LogP contribution in [0.2, 0.25) is 0 Å². The van der Waals surface area contributed by atoms with Gasteiger partial charge in [-0.15, -0.1) is 0 Å². The van der Waals surface area contributed by atoms with Crippen LogP contribution in [-0.4, -0.2) is 49.2 Å². The Balaban J connectivity index is 1.49. The topological polar surface area (TPSA) is 75.9 Å². The number of rotatable bonds is 6. The van der Waals surface area contributed by atoms with Crippen molar-refractivity contribution >= 4 is 22.6 Å². The minimum absolute atomic E-state index is 0.0184. The number of nitrogens with one attached hydrogen (secondary N) is 1. The highest BCUT2D eigenvalue weighted by Gasteiger charge is 2.31. The minimum Gasteiger partial charge on any atom is -0.310 e. The Morgan fingerprint density at radius 1 is 1.28 bits per heavy atom. The summed E-state index contributed by atoms with van der Waals surface area (Å²) in [7, 11) is 1.88. The zero-order valence-corrected chi connectivity index (χ0v) is 17.3. The molecule has 0 aromatic carbocycles. The van der Waals surface area contributed by atoms with E-state index in [0.717, 1.165) is 41.4 Å². The Labute approximate surface area is 171 Å². The third-order valence-corrected chi connectivity index (χ3v) is 5.74. The van der Waals surface area contributed by atoms with Gasteiger partial charge in [-0.05, 0) is 38.3 Å². The number of amides is 1. The number of aromatic nitrogens is 4. The molecule has 7 nitrogen and oxygen atoms in total. The van der Waals surface area contributed by atoms with E-state index in [1.165, 1.54) is 6.42 Å². The lowest BCUT2D eigenvalue weighted by Gasteiger charge is -2.27. The monoisotopic (exact) mass is 392 g/mol. The molecule has 3 aromatic rings. The number of carbonyl (C=O) groups is 1. The molecule has 1 fully saturated rings. The van der Waals surface area contributed by atoms with Crippen LogP contribution >= 0.6 is 0 Å². The number of aryl methyl sites for hydroxylation is 1. The highest BCUT2D eigenvalue weighted by Crippen LogP contribution is 2.27. The zero-order valence-electron chi connectivity index (χ0n) is 17.3. The summed E-state index contributed by atoms with van der Waals surface area (Å²) in [4.78, 5) is 24.1. The molecule has 29 heavy (non-hydrogen) atoms. The summed E-state index contributed by atoms with van der Waals surface area (Å²) in [5, 5.41) is 8.10. The van der Waals surface area contributed by atoms with Crippen molar-refractivity contribution in [1.82, 2.24) is 24.6 Å². The Kier molecular flexibility index (Phi) is 5.58. The van der Waals surface area contributed by atoms with Gasteiger partial charge in [0.1, 0.15) is 5.82 Å². The minimum atomic E-state index is -0.0184. The first-order valence-electron chi connectivity index (χ1n) is 10.3. The molecular weight excluding hydrogens is 364 g/mol. The van der Waals surface area contributed by atoms with E-state index >= 15 is 0 Å². The van der Waals surface area contributed by atoms with Gasteiger partial charge in [0.25, 0.3) is 0 Å². The highest BCUT2D eigenvalue weighted by atomic mass is 16.2. The highest BCUT2D eigenvalue weighted by molar-refractivity contribution is 5.93. The van der Waals surface area contributed by atoms with Gasteiger partial charge in [-0.2, -0.15) is 5.10 Å². The maximum absolute atomic E-state index is 12.7. The number of pyridine rings is 2. The summed E-state index contributed by atoms with van der Waals surface area (Å²) in [5.74, 6) is 0.521. The average molecular weight is 393 g/mol. The molecule has 152 valence electrons. The van der Waals surface area contributed by atoms with Crippen molar-refractivity contribution in [3.63, 3.8) is 0 Å². The number of fused-ring (bicyclic) bond motifs is 1. The first-order chi connectivity index (χ1) is 14.0. The summed E-state index contributed by atoms with van der Waals surface area (Å²) in [6.07, 6.45) is 10.1. The molecule has 2 unspecified atom stereocenters. The lowest BCUT2D eigenvalue weighted by molar-refractivity contribution is -0.118. The van der Waals surface area contributed by atoms with Crippen LogP contribution in [0.15, 0.2) is 36.8 Å². The number of hydrogen-bond donors (Lipinski definition) is 1. The van der Waals surface area contributed by atoms with Gasteiger partial charge in [-0.1, -0.05) is 13.3 Å². The maximum Gasteiger partial charge on any atom is 0.239 e. The van der Waals surface area contributed by atoms with Gasteiger partial charge in [-0.25, -0.2) is 9.97 Å². The third-order valence-electron chi connectivity index (χ3n) is 5.74. The van der Waals surface area contributed by atoms with Crippen molar-refractivity contribution in [2.75, 3.05) is 11.9 Å². The Bertz CT molecular complexity index is 1010. The summed E-state index contributed by atoms with van der Waals surface area (Å²) in [5.41, 5.74) is 2.61. The molecular formula is C22H28N6O. The van der Waals surface area contributed by atoms with Gasteiger partial charge in [0.15, 0.2) is 0 Å². The van der Waals surface area contributed by atoms with Gasteiger partial charge >= 0.3 is 0 Å². The standard InChI is InChI=1S/C22H28N6O/c1-4-5-18-8-6-15(2)28(18)14-22(29)26-21-10-20-16(11-23-21)7-9-19(25-20)17-12-24-27(3)13-17/h7,9-13,15,18H,4-6,8,14H2,1-3H3,(H,23,26,29). The van der Waals surface area contributed by atoms with Crippen LogP contribution in [0.1, 0.15) is 39.5 Å². The van der Waals surface area contributed by atoms with E-state index in [2.05, 4.69) is 34.1 Å². The molecule has 1 saturated heterocycles. The SMILES string of the molecule is CCCC1CCC(C)N1CC(=O)Nc1cc2nc(-c3cnn(C)c3)ccc2cn1. The number of carbonyl (C=O) groups excluding carboxylic acids is 1. The van der Waals surface area contributed by atoms with Gasteiger partial charge < -0.3 is 5.32 Å². The molecule has 2 atom stereocenters. The van der Waals surface area contributed by atoms with Crippen LogP contribution in [0.3, 0.4) is 0 Å². The van der Waals surface area contributed by atoms with Crippen LogP contribution < -0.4 is 5.32 Å². The smallest absolute Gasteiger partial charge is 0.239 e. The molecule has 4 heterocycles. The molecule has 1 aliphatic rings. The molecule has 7 heteroatoms. The zero-order chi connectivity index (χ0) is 20.4. The van der Waals surface area contributed by atoms with Crippen molar-refractivity contribution in [1.29, 1.82) is 0 Å². The Hall–Kier alpha value is -2.80. The maximum atomic E-state index is 12.7. The predicted molar refractivity (Wildman–Crippen MR) is 114 cm³/mol. The quantitative estimate of drug-likeness (QED) is 0.693. The largest absolute Gasteiger partial charge is 0.310 e. The van der Waals surface area contributed by atoms with E-state index in [4.69, 9.17) is 4.98 Å². The van der Waals surface area contributed by atoms with Crippen molar-refractivity contribution in [2.24, 2.45) is 7.05 Å². The van der Waals surface area contributed by atoms with E-state index in [1.807, 2.05) is 31.4 Å². The van der Waals surface area contributed by atoms with E-state index in [1.54, 1.807) is 17.1 Å². The number of anilines is 1. The van der Waals surface area contributed by atoms with Crippen molar-refractivity contribution < 1.29 is 4.79 Å². The molecule has 0 radical (unpaired) electrons. The first kappa shape index (κ1) is 19.5. The van der Waals surface area contributed by atoms with E-state index in [9.17, 15) is 4.79 Å². The fraction of sp³-hybridized carbons (Fsp3) is 0.455. The predicted octanol–water partition coefficient (Wildman–Crippen LogP) is 3.62. The van der Waals surface area contributed by atoms with Crippen molar-refractivity contribution in [2.45, 2.75) is 51.6 Å². The molecule has 1 N–H and O–H groups in total. The van der Waals surface area contributed by atoms with Gasteiger partial charge in [0.05, 0.1) is 24.0 Å². The van der Waals surface area contributed by atoms with Crippen LogP contribution in [0.25, 0.3) is 22.2 Å². The lowest BCUT2D eigenvalue weighted by Crippen LogP contribution is -2.40. The van der Waals surface area contributed by atoms with E-state index < -0.39 is 0 Å². The summed E-state index contributed by atoms with van der Waals surface area (Å²) < 4.78 is 1.75. The second-order valence-corrected chi connectivity index (χ2v) is 7.95. The van der Waals surface area contributed by atoms with Crippen molar-refractivity contribution in [3.05, 3.63) is 36.8 Å². The number of nitrogens with zero attached hydrogens (tertiary/aromatic N) is 5. The van der Waals surface area contributed by atoms with Gasteiger partial charge in [0.2, 0.25) is 5.91 Å². The van der Waals surface area contributed by atoms with Crippen LogP contribution in [0.5, 0.6) is 0 Å². The fourth-order valence-corrected chi connectivity index (χ4v) is 4.20. The molecule has 3 aromatic heterocycles. The first-order valence-corrected chi connectivity index (χ1v) is 10.3. The number of hydrogen-bond acceptors (Lipinski definition) is 5. The van der Waals surface area contributed by atoms with Gasteiger partial charge in [0, 0.05) is 48.5 Å². The molecule has 0 saturated carbocycles. The summed E-state index contributed by atoms with van der Waals surface area (Å²) in [6, 6.07) is 6.75. The molecule has 0 spiro atoms. The molecule has 1 aliphatic heterocycles. The average Bonchev–Trinajstić information content (AvgIpc) is 3.28. The van der Waals surface area contributed by atoms with E-state index in [0.29, 0.717) is 24.4 Å². The second kappa shape index (κ2) is 8.29. The molecule has 0 bridgehead atoms. The Morgan fingerprint density at radius 2 is 2.14 bits per heavy atom. The number of likely N-dealkylation sites (tertiary alicyclic amines) is 1. The molecule has 4 rings (SSSR count). The Morgan fingerprint density at radius 3 is 2.90 bits per heavy atom. The summed E-state index contributed by atoms with van der Waals surface area (Å²) >= 11 is 0. The van der Waals surface area contributed by atoms with E-state index in [-0.39, 0.29) is 5.91 Å². The van der Waals surface area contributed by atoms with Crippen molar-refractivity contribution in [3.8, 4) is 11.3 Å². The fourth-order valence-electron chi connectivity index (χ4n) is 4.20. The second-order valence-electron chi connectivity index (χ2n) is 7.95. The normalized spacial score (nSPS) is 19.7. The summed E-state index contributed by atoms with van der Waals surface area (Å²) in [6.45, 7) is 4.82. The van der Waals surface area contributed by atoms with Crippen LogP contribution in [0, 0.1) is 0 Å². The van der Waals surface area contributed by atoms with Gasteiger partial charge in [-0.3, -0.25) is 14.4 Å². The molecule has 0 aliphatic carbocycles. The van der Waals surface area contributed by atoms with Crippen LogP contribution in [0.4, 0.5) is 5.82 Å².